The standard InChI is InChI=1S/C23H29ClN2O2/c24-21-8-6-18(7-9-21)19(16-25-12-3-4-13-25)15-22(27)26-14-11-23(28)10-2-1-5-20(23)17-26/h3-4,6-9,12-13,19-20,28H,1-2,5,10-11,14-17H2/t19-,20+,23-/m1/s1. The molecule has 0 bridgehead atoms. The van der Waals surface area contributed by atoms with Crippen LogP contribution in [0.5, 0.6) is 0 Å². The van der Waals surface area contributed by atoms with Gasteiger partial charge in [-0.1, -0.05) is 36.6 Å². The summed E-state index contributed by atoms with van der Waals surface area (Å²) >= 11 is 6.06. The van der Waals surface area contributed by atoms with Crippen LogP contribution in [0.25, 0.3) is 0 Å². The van der Waals surface area contributed by atoms with Crippen molar-refractivity contribution >= 4 is 17.5 Å². The third-order valence-electron chi connectivity index (χ3n) is 6.64. The number of rotatable bonds is 5. The highest BCUT2D eigenvalue weighted by Crippen LogP contribution is 2.40. The summed E-state index contributed by atoms with van der Waals surface area (Å²) in [4.78, 5) is 15.2. The molecule has 2 aliphatic rings. The molecular weight excluding hydrogens is 372 g/mol. The lowest BCUT2D eigenvalue weighted by Crippen LogP contribution is -2.54. The molecule has 4 rings (SSSR count). The van der Waals surface area contributed by atoms with Gasteiger partial charge in [0.05, 0.1) is 5.60 Å². The van der Waals surface area contributed by atoms with E-state index in [1.165, 1.54) is 0 Å². The van der Waals surface area contributed by atoms with Crippen molar-refractivity contribution in [1.82, 2.24) is 9.47 Å². The Hall–Kier alpha value is -1.78. The van der Waals surface area contributed by atoms with Gasteiger partial charge in [-0.15, -0.1) is 0 Å². The molecule has 1 aliphatic heterocycles. The van der Waals surface area contributed by atoms with Crippen LogP contribution in [0.2, 0.25) is 5.02 Å². The highest BCUT2D eigenvalue weighted by molar-refractivity contribution is 6.30. The molecular formula is C23H29ClN2O2. The Kier molecular flexibility index (Phi) is 5.79. The van der Waals surface area contributed by atoms with Crippen LogP contribution in [0.15, 0.2) is 48.8 Å². The number of piperidine rings is 1. The minimum Gasteiger partial charge on any atom is -0.389 e. The van der Waals surface area contributed by atoms with Crippen LogP contribution < -0.4 is 0 Å². The lowest BCUT2D eigenvalue weighted by Gasteiger charge is -2.47. The third kappa shape index (κ3) is 4.28. The Morgan fingerprint density at radius 1 is 1.18 bits per heavy atom. The first-order valence-electron chi connectivity index (χ1n) is 10.4. The molecule has 1 aromatic heterocycles. The van der Waals surface area contributed by atoms with Crippen LogP contribution in [-0.2, 0) is 11.3 Å². The average molecular weight is 401 g/mol. The summed E-state index contributed by atoms with van der Waals surface area (Å²) < 4.78 is 2.13. The highest BCUT2D eigenvalue weighted by Gasteiger charge is 2.43. The zero-order valence-electron chi connectivity index (χ0n) is 16.3. The number of halogens is 1. The Labute approximate surface area is 172 Å². The molecule has 1 saturated carbocycles. The zero-order valence-corrected chi connectivity index (χ0v) is 17.0. The number of aromatic nitrogens is 1. The van der Waals surface area contributed by atoms with Crippen molar-refractivity contribution in [3.8, 4) is 0 Å². The average Bonchev–Trinajstić information content (AvgIpc) is 3.20. The maximum absolute atomic E-state index is 13.2. The number of hydrogen-bond acceptors (Lipinski definition) is 2. The van der Waals surface area contributed by atoms with Crippen LogP contribution >= 0.6 is 11.6 Å². The molecule has 4 nitrogen and oxygen atoms in total. The maximum Gasteiger partial charge on any atom is 0.223 e. The molecule has 1 N–H and O–H groups in total. The first-order valence-corrected chi connectivity index (χ1v) is 10.8. The van der Waals surface area contributed by atoms with E-state index in [1.54, 1.807) is 0 Å². The lowest BCUT2D eigenvalue weighted by molar-refractivity contribution is -0.143. The lowest BCUT2D eigenvalue weighted by atomic mass is 9.71. The molecule has 1 amide bonds. The van der Waals surface area contributed by atoms with Crippen molar-refractivity contribution in [3.63, 3.8) is 0 Å². The molecule has 5 heteroatoms. The van der Waals surface area contributed by atoms with E-state index in [0.717, 1.165) is 37.8 Å². The van der Waals surface area contributed by atoms with Crippen molar-refractivity contribution in [1.29, 1.82) is 0 Å². The molecule has 1 saturated heterocycles. The molecule has 0 unspecified atom stereocenters. The molecule has 2 aromatic rings. The Bertz CT molecular complexity index is 789. The first kappa shape index (κ1) is 19.5. The topological polar surface area (TPSA) is 45.5 Å². The van der Waals surface area contributed by atoms with Crippen molar-refractivity contribution in [2.45, 2.75) is 56.6 Å². The highest BCUT2D eigenvalue weighted by atomic mass is 35.5. The number of amides is 1. The van der Waals surface area contributed by atoms with Crippen molar-refractivity contribution in [3.05, 3.63) is 59.4 Å². The normalized spacial score (nSPS) is 25.9. The van der Waals surface area contributed by atoms with Crippen molar-refractivity contribution in [2.24, 2.45) is 5.92 Å². The summed E-state index contributed by atoms with van der Waals surface area (Å²) in [5.41, 5.74) is 0.591. The Morgan fingerprint density at radius 2 is 1.93 bits per heavy atom. The van der Waals surface area contributed by atoms with E-state index in [0.29, 0.717) is 31.0 Å². The monoisotopic (exact) mass is 400 g/mol. The van der Waals surface area contributed by atoms with Gasteiger partial charge < -0.3 is 14.6 Å². The van der Waals surface area contributed by atoms with E-state index >= 15 is 0 Å². The quantitative estimate of drug-likeness (QED) is 0.804. The first-order chi connectivity index (χ1) is 13.5. The van der Waals surface area contributed by atoms with Gasteiger partial charge in [-0.3, -0.25) is 4.79 Å². The molecule has 0 spiro atoms. The predicted octanol–water partition coefficient (Wildman–Crippen LogP) is 4.47. The van der Waals surface area contributed by atoms with Gasteiger partial charge in [-0.05, 0) is 49.1 Å². The molecule has 1 aromatic carbocycles. The fourth-order valence-corrected chi connectivity index (χ4v) is 5.03. The van der Waals surface area contributed by atoms with Crippen LogP contribution in [0.3, 0.4) is 0 Å². The van der Waals surface area contributed by atoms with Gasteiger partial charge in [0.1, 0.15) is 0 Å². The third-order valence-corrected chi connectivity index (χ3v) is 6.89. The van der Waals surface area contributed by atoms with Gasteiger partial charge in [-0.25, -0.2) is 0 Å². The fourth-order valence-electron chi connectivity index (χ4n) is 4.91. The summed E-state index contributed by atoms with van der Waals surface area (Å²) in [5, 5.41) is 11.6. The van der Waals surface area contributed by atoms with Crippen LogP contribution in [0.4, 0.5) is 0 Å². The number of benzene rings is 1. The van der Waals surface area contributed by atoms with E-state index in [4.69, 9.17) is 11.6 Å². The van der Waals surface area contributed by atoms with E-state index in [2.05, 4.69) is 4.57 Å². The van der Waals surface area contributed by atoms with E-state index in [1.807, 2.05) is 53.7 Å². The fraction of sp³-hybridized carbons (Fsp3) is 0.522. The summed E-state index contributed by atoms with van der Waals surface area (Å²) in [5.74, 6) is 0.529. The van der Waals surface area contributed by atoms with Crippen molar-refractivity contribution < 1.29 is 9.90 Å². The molecule has 28 heavy (non-hydrogen) atoms. The van der Waals surface area contributed by atoms with Crippen LogP contribution in [-0.4, -0.2) is 39.2 Å². The Morgan fingerprint density at radius 3 is 2.68 bits per heavy atom. The summed E-state index contributed by atoms with van der Waals surface area (Å²) in [6.45, 7) is 2.14. The number of fused-ring (bicyclic) bond motifs is 1. The molecule has 3 atom stereocenters. The number of hydrogen-bond donors (Lipinski definition) is 1. The second-order valence-electron chi connectivity index (χ2n) is 8.47. The zero-order chi connectivity index (χ0) is 19.6. The minimum atomic E-state index is -0.546. The molecule has 2 heterocycles. The molecule has 150 valence electrons. The largest absolute Gasteiger partial charge is 0.389 e. The van der Waals surface area contributed by atoms with Gasteiger partial charge in [0.15, 0.2) is 0 Å². The minimum absolute atomic E-state index is 0.101. The number of aliphatic hydroxyl groups is 1. The summed E-state index contributed by atoms with van der Waals surface area (Å²) in [6, 6.07) is 11.9. The van der Waals surface area contributed by atoms with Crippen LogP contribution in [0.1, 0.15) is 50.0 Å². The maximum atomic E-state index is 13.2. The number of likely N-dealkylation sites (tertiary alicyclic amines) is 1. The van der Waals surface area contributed by atoms with E-state index < -0.39 is 5.60 Å². The number of nitrogens with zero attached hydrogens (tertiary/aromatic N) is 2. The van der Waals surface area contributed by atoms with Gasteiger partial charge in [0, 0.05) is 55.3 Å². The van der Waals surface area contributed by atoms with Gasteiger partial charge >= 0.3 is 0 Å². The van der Waals surface area contributed by atoms with E-state index in [-0.39, 0.29) is 17.7 Å². The molecule has 0 radical (unpaired) electrons. The summed E-state index contributed by atoms with van der Waals surface area (Å²) in [6.07, 6.45) is 9.46. The van der Waals surface area contributed by atoms with Gasteiger partial charge in [0.25, 0.3) is 0 Å². The number of carbonyl (C=O) groups is 1. The van der Waals surface area contributed by atoms with E-state index in [9.17, 15) is 9.90 Å². The number of carbonyl (C=O) groups excluding carboxylic acids is 1. The second kappa shape index (κ2) is 8.30. The van der Waals surface area contributed by atoms with Gasteiger partial charge in [0.2, 0.25) is 5.91 Å². The smallest absolute Gasteiger partial charge is 0.223 e. The Balaban J connectivity index is 1.46. The predicted molar refractivity (Wildman–Crippen MR) is 111 cm³/mol. The molecule has 2 fully saturated rings. The van der Waals surface area contributed by atoms with Gasteiger partial charge in [-0.2, -0.15) is 0 Å². The second-order valence-corrected chi connectivity index (χ2v) is 8.90. The van der Waals surface area contributed by atoms with Crippen molar-refractivity contribution in [2.75, 3.05) is 13.1 Å². The SMILES string of the molecule is O=C(C[C@H](Cn1cccc1)c1ccc(Cl)cc1)N1CC[C@]2(O)CCCC[C@H]2C1. The molecule has 1 aliphatic carbocycles. The summed E-state index contributed by atoms with van der Waals surface area (Å²) in [7, 11) is 0. The van der Waals surface area contributed by atoms with Crippen LogP contribution in [0, 0.1) is 5.92 Å².